The number of halogens is 3. The molecule has 1 aromatic heterocycles. The molecule has 0 aliphatic rings. The van der Waals surface area contributed by atoms with Crippen molar-refractivity contribution in [2.75, 3.05) is 5.32 Å². The van der Waals surface area contributed by atoms with Crippen LogP contribution in [0.25, 0.3) is 17.1 Å². The second-order valence-electron chi connectivity index (χ2n) is 6.60. The normalized spacial score (nSPS) is 10.8. The van der Waals surface area contributed by atoms with E-state index in [1.165, 1.54) is 0 Å². The zero-order valence-corrected chi connectivity index (χ0v) is 18.8. The zero-order chi connectivity index (χ0) is 21.3. The smallest absolute Gasteiger partial charge is 0.295 e. The first-order chi connectivity index (χ1) is 14.4. The summed E-state index contributed by atoms with van der Waals surface area (Å²) in [6.45, 7) is 2.00. The van der Waals surface area contributed by atoms with Gasteiger partial charge < -0.3 is 5.32 Å². The fourth-order valence-corrected chi connectivity index (χ4v) is 3.37. The van der Waals surface area contributed by atoms with Gasteiger partial charge in [0.05, 0.1) is 15.7 Å². The molecule has 0 saturated heterocycles. The molecule has 1 amide bonds. The predicted molar refractivity (Wildman–Crippen MR) is 124 cm³/mol. The Labute approximate surface area is 191 Å². The fourth-order valence-electron chi connectivity index (χ4n) is 2.81. The Bertz CT molecular complexity index is 1220. The molecule has 0 fully saturated rings. The molecular formula is C22H15BrCl2N4O. The van der Waals surface area contributed by atoms with Gasteiger partial charge in [-0.05, 0) is 49.4 Å². The van der Waals surface area contributed by atoms with E-state index in [0.717, 1.165) is 15.6 Å². The third-order valence-corrected chi connectivity index (χ3v) is 5.64. The van der Waals surface area contributed by atoms with Gasteiger partial charge >= 0.3 is 0 Å². The van der Waals surface area contributed by atoms with E-state index < -0.39 is 5.91 Å². The highest BCUT2D eigenvalue weighted by Gasteiger charge is 2.19. The highest BCUT2D eigenvalue weighted by Crippen LogP contribution is 2.27. The molecule has 8 heteroatoms. The van der Waals surface area contributed by atoms with Gasteiger partial charge in [-0.2, -0.15) is 0 Å². The number of carbonyl (C=O) groups is 1. The minimum atomic E-state index is -0.413. The average Bonchev–Trinajstić information content (AvgIpc) is 3.18. The van der Waals surface area contributed by atoms with Crippen molar-refractivity contribution in [3.63, 3.8) is 0 Å². The van der Waals surface area contributed by atoms with Gasteiger partial charge in [-0.15, -0.1) is 5.10 Å². The largest absolute Gasteiger partial charge is 0.319 e. The fraction of sp³-hybridized carbons (Fsp3) is 0.0455. The van der Waals surface area contributed by atoms with Crippen molar-refractivity contribution in [1.29, 1.82) is 0 Å². The van der Waals surface area contributed by atoms with Crippen molar-refractivity contribution in [1.82, 2.24) is 14.8 Å². The molecule has 0 aliphatic carbocycles. The number of anilines is 1. The van der Waals surface area contributed by atoms with Gasteiger partial charge in [-0.3, -0.25) is 4.79 Å². The lowest BCUT2D eigenvalue weighted by Crippen LogP contribution is -2.14. The molecule has 4 rings (SSSR count). The van der Waals surface area contributed by atoms with Crippen LogP contribution in [0, 0.1) is 6.92 Å². The Morgan fingerprint density at radius 2 is 1.67 bits per heavy atom. The van der Waals surface area contributed by atoms with E-state index in [-0.39, 0.29) is 5.82 Å². The Morgan fingerprint density at radius 3 is 2.33 bits per heavy atom. The highest BCUT2D eigenvalue weighted by atomic mass is 79.9. The van der Waals surface area contributed by atoms with E-state index in [0.29, 0.717) is 27.2 Å². The number of hydrogen-bond donors (Lipinski definition) is 1. The van der Waals surface area contributed by atoms with Crippen molar-refractivity contribution in [2.24, 2.45) is 0 Å². The van der Waals surface area contributed by atoms with E-state index in [2.05, 4.69) is 31.3 Å². The number of nitrogens with zero attached hydrogens (tertiary/aromatic N) is 3. The Morgan fingerprint density at radius 1 is 0.967 bits per heavy atom. The van der Waals surface area contributed by atoms with E-state index in [1.54, 1.807) is 35.0 Å². The Hall–Kier alpha value is -2.67. The molecule has 150 valence electrons. The van der Waals surface area contributed by atoms with Crippen LogP contribution in [0.15, 0.2) is 71.2 Å². The molecule has 4 aromatic rings. The number of carbonyl (C=O) groups excluding carboxylic acids is 1. The number of nitrogens with one attached hydrogen (secondary N) is 1. The SMILES string of the molecule is Cc1ccc(-c2nc(C(=O)Nc3ccc(Br)cc3)nn2-c2ccc(Cl)c(Cl)c2)cc1. The van der Waals surface area contributed by atoms with Crippen LogP contribution in [-0.2, 0) is 0 Å². The molecule has 0 atom stereocenters. The predicted octanol–water partition coefficient (Wildman–Crippen LogP) is 6.56. The summed E-state index contributed by atoms with van der Waals surface area (Å²) in [5, 5.41) is 8.08. The number of hydrogen-bond acceptors (Lipinski definition) is 3. The number of aromatic nitrogens is 3. The van der Waals surface area contributed by atoms with E-state index in [4.69, 9.17) is 23.2 Å². The molecule has 0 radical (unpaired) electrons. The van der Waals surface area contributed by atoms with Crippen molar-refractivity contribution < 1.29 is 4.79 Å². The van der Waals surface area contributed by atoms with Crippen LogP contribution in [0.5, 0.6) is 0 Å². The van der Waals surface area contributed by atoms with Gasteiger partial charge in [-0.25, -0.2) is 9.67 Å². The van der Waals surface area contributed by atoms with Crippen molar-refractivity contribution in [3.05, 3.63) is 92.6 Å². The third-order valence-electron chi connectivity index (χ3n) is 4.37. The second-order valence-corrected chi connectivity index (χ2v) is 8.33. The van der Waals surface area contributed by atoms with Crippen LogP contribution in [0.3, 0.4) is 0 Å². The van der Waals surface area contributed by atoms with Gasteiger partial charge in [0.2, 0.25) is 5.82 Å². The van der Waals surface area contributed by atoms with Crippen LogP contribution in [0.4, 0.5) is 5.69 Å². The Kier molecular flexibility index (Phi) is 5.90. The highest BCUT2D eigenvalue weighted by molar-refractivity contribution is 9.10. The zero-order valence-electron chi connectivity index (χ0n) is 15.7. The first kappa shape index (κ1) is 20.6. The summed E-state index contributed by atoms with van der Waals surface area (Å²) in [7, 11) is 0. The molecule has 1 N–H and O–H groups in total. The van der Waals surface area contributed by atoms with Crippen molar-refractivity contribution >= 4 is 50.7 Å². The molecule has 0 unspecified atom stereocenters. The summed E-state index contributed by atoms with van der Waals surface area (Å²) in [5.41, 5.74) is 3.23. The summed E-state index contributed by atoms with van der Waals surface area (Å²) in [6, 6.07) is 20.2. The lowest BCUT2D eigenvalue weighted by atomic mass is 10.1. The summed E-state index contributed by atoms with van der Waals surface area (Å²) in [6.07, 6.45) is 0. The van der Waals surface area contributed by atoms with Gasteiger partial charge in [0, 0.05) is 15.7 Å². The molecular weight excluding hydrogens is 487 g/mol. The molecule has 3 aromatic carbocycles. The van der Waals surface area contributed by atoms with Gasteiger partial charge in [0.1, 0.15) is 0 Å². The van der Waals surface area contributed by atoms with Crippen LogP contribution in [0.1, 0.15) is 16.2 Å². The summed E-state index contributed by atoms with van der Waals surface area (Å²) in [5.74, 6) is 0.151. The van der Waals surface area contributed by atoms with E-state index in [1.807, 2.05) is 43.3 Å². The van der Waals surface area contributed by atoms with Crippen molar-refractivity contribution in [3.8, 4) is 17.1 Å². The lowest BCUT2D eigenvalue weighted by molar-refractivity contribution is 0.101. The molecule has 1 heterocycles. The first-order valence-corrected chi connectivity index (χ1v) is 10.5. The number of benzene rings is 3. The maximum Gasteiger partial charge on any atom is 0.295 e. The third kappa shape index (κ3) is 4.41. The molecule has 0 saturated carbocycles. The minimum Gasteiger partial charge on any atom is -0.319 e. The maximum atomic E-state index is 12.8. The lowest BCUT2D eigenvalue weighted by Gasteiger charge is -2.07. The molecule has 0 bridgehead atoms. The molecule has 5 nitrogen and oxygen atoms in total. The monoisotopic (exact) mass is 500 g/mol. The van der Waals surface area contributed by atoms with Crippen molar-refractivity contribution in [2.45, 2.75) is 6.92 Å². The average molecular weight is 502 g/mol. The number of amides is 1. The summed E-state index contributed by atoms with van der Waals surface area (Å²) < 4.78 is 2.51. The first-order valence-electron chi connectivity index (χ1n) is 8.97. The molecule has 0 spiro atoms. The van der Waals surface area contributed by atoms with Crippen LogP contribution in [-0.4, -0.2) is 20.7 Å². The molecule has 0 aliphatic heterocycles. The van der Waals surface area contributed by atoms with Gasteiger partial charge in [0.25, 0.3) is 5.91 Å². The number of aryl methyl sites for hydroxylation is 1. The topological polar surface area (TPSA) is 59.8 Å². The minimum absolute atomic E-state index is 0.0413. The number of rotatable bonds is 4. The maximum absolute atomic E-state index is 12.8. The summed E-state index contributed by atoms with van der Waals surface area (Å²) >= 11 is 15.6. The van der Waals surface area contributed by atoms with Gasteiger partial charge in [-0.1, -0.05) is 69.0 Å². The standard InChI is InChI=1S/C22H15BrCl2N4O/c1-13-2-4-14(5-3-13)21-27-20(22(30)26-16-8-6-15(23)7-9-16)28-29(21)17-10-11-18(24)19(25)12-17/h2-12H,1H3,(H,26,30). The van der Waals surface area contributed by atoms with E-state index in [9.17, 15) is 4.79 Å². The Balaban J connectivity index is 1.76. The van der Waals surface area contributed by atoms with Crippen LogP contribution >= 0.6 is 39.1 Å². The van der Waals surface area contributed by atoms with Crippen LogP contribution in [0.2, 0.25) is 10.0 Å². The van der Waals surface area contributed by atoms with E-state index >= 15 is 0 Å². The summed E-state index contributed by atoms with van der Waals surface area (Å²) in [4.78, 5) is 17.3. The molecule has 30 heavy (non-hydrogen) atoms. The van der Waals surface area contributed by atoms with Crippen LogP contribution < -0.4 is 5.32 Å². The van der Waals surface area contributed by atoms with Gasteiger partial charge in [0.15, 0.2) is 5.82 Å². The quantitative estimate of drug-likeness (QED) is 0.344. The second kappa shape index (κ2) is 8.60.